The van der Waals surface area contributed by atoms with Crippen LogP contribution >= 0.6 is 0 Å². The highest BCUT2D eigenvalue weighted by molar-refractivity contribution is 5.19. The highest BCUT2D eigenvalue weighted by atomic mass is 15.3. The molecule has 16 heavy (non-hydrogen) atoms. The molecule has 1 unspecified atom stereocenters. The van der Waals surface area contributed by atoms with Gasteiger partial charge in [-0.05, 0) is 26.7 Å². The predicted octanol–water partition coefficient (Wildman–Crippen LogP) is 1.21. The van der Waals surface area contributed by atoms with Gasteiger partial charge in [-0.1, -0.05) is 0 Å². The minimum absolute atomic E-state index is 0.401. The Morgan fingerprint density at radius 3 is 2.56 bits per heavy atom. The molecule has 0 amide bonds. The van der Waals surface area contributed by atoms with E-state index in [1.54, 1.807) is 0 Å². The summed E-state index contributed by atoms with van der Waals surface area (Å²) >= 11 is 0. The number of piperidine rings is 1. The molecule has 0 spiro atoms. The van der Waals surface area contributed by atoms with Gasteiger partial charge in [-0.15, -0.1) is 0 Å². The number of hydrogen-bond donors (Lipinski definition) is 1. The molecule has 2 heterocycles. The molecular weight excluding hydrogens is 200 g/mol. The van der Waals surface area contributed by atoms with Gasteiger partial charge in [-0.3, -0.25) is 9.58 Å². The molecular formula is C12H22N4. The average molecular weight is 222 g/mol. The van der Waals surface area contributed by atoms with Crippen LogP contribution < -0.4 is 5.73 Å². The van der Waals surface area contributed by atoms with Gasteiger partial charge in [0.05, 0.1) is 5.69 Å². The van der Waals surface area contributed by atoms with Gasteiger partial charge in [-0.25, -0.2) is 0 Å². The van der Waals surface area contributed by atoms with Gasteiger partial charge in [0.1, 0.15) is 0 Å². The van der Waals surface area contributed by atoms with E-state index >= 15 is 0 Å². The van der Waals surface area contributed by atoms with Crippen molar-refractivity contribution >= 4 is 0 Å². The van der Waals surface area contributed by atoms with Crippen LogP contribution in [0.5, 0.6) is 0 Å². The molecule has 0 bridgehead atoms. The number of aryl methyl sites for hydroxylation is 2. The first-order chi connectivity index (χ1) is 7.58. The summed E-state index contributed by atoms with van der Waals surface area (Å²) in [6, 6.07) is 0.861. The molecule has 0 aromatic carbocycles. The fraction of sp³-hybridized carbons (Fsp3) is 0.750. The molecule has 4 nitrogen and oxygen atoms in total. The molecule has 4 heteroatoms. The highest BCUT2D eigenvalue weighted by Gasteiger charge is 2.23. The zero-order valence-corrected chi connectivity index (χ0v) is 10.5. The van der Waals surface area contributed by atoms with Gasteiger partial charge in [0.15, 0.2) is 0 Å². The van der Waals surface area contributed by atoms with Crippen molar-refractivity contribution in [3.8, 4) is 0 Å². The normalized spacial score (nSPS) is 21.2. The Labute approximate surface area is 97.4 Å². The second-order valence-corrected chi connectivity index (χ2v) is 4.89. The molecule has 1 aliphatic heterocycles. The zero-order valence-electron chi connectivity index (χ0n) is 10.5. The molecule has 1 atom stereocenters. The summed E-state index contributed by atoms with van der Waals surface area (Å²) in [5.74, 6) is 0. The van der Waals surface area contributed by atoms with Crippen molar-refractivity contribution in [1.82, 2.24) is 14.7 Å². The monoisotopic (exact) mass is 222 g/mol. The fourth-order valence-electron chi connectivity index (χ4n) is 2.53. The number of nitrogens with two attached hydrogens (primary N) is 1. The fourth-order valence-corrected chi connectivity index (χ4v) is 2.53. The van der Waals surface area contributed by atoms with E-state index in [2.05, 4.69) is 30.0 Å². The van der Waals surface area contributed by atoms with E-state index in [9.17, 15) is 0 Å². The highest BCUT2D eigenvalue weighted by Crippen LogP contribution is 2.25. The number of hydrogen-bond acceptors (Lipinski definition) is 3. The zero-order chi connectivity index (χ0) is 11.7. The van der Waals surface area contributed by atoms with Crippen molar-refractivity contribution in [1.29, 1.82) is 0 Å². The molecule has 0 aliphatic carbocycles. The third-order valence-corrected chi connectivity index (χ3v) is 3.62. The first kappa shape index (κ1) is 11.6. The SMILES string of the molecule is Cc1nn(C)cc1C(C)N1CCC(N)CC1. The van der Waals surface area contributed by atoms with E-state index in [0.29, 0.717) is 12.1 Å². The summed E-state index contributed by atoms with van der Waals surface area (Å²) in [6.45, 7) is 6.57. The minimum Gasteiger partial charge on any atom is -0.328 e. The number of nitrogens with zero attached hydrogens (tertiary/aromatic N) is 3. The topological polar surface area (TPSA) is 47.1 Å². The summed E-state index contributed by atoms with van der Waals surface area (Å²) < 4.78 is 1.90. The third-order valence-electron chi connectivity index (χ3n) is 3.62. The van der Waals surface area contributed by atoms with Crippen LogP contribution in [0.25, 0.3) is 0 Å². The standard InChI is InChI=1S/C12H22N4/c1-9-12(8-15(3)14-9)10(2)16-6-4-11(13)5-7-16/h8,10-11H,4-7,13H2,1-3H3. The summed E-state index contributed by atoms with van der Waals surface area (Å²) in [5.41, 5.74) is 8.42. The molecule has 1 saturated heterocycles. The summed E-state index contributed by atoms with van der Waals surface area (Å²) in [4.78, 5) is 2.51. The van der Waals surface area contributed by atoms with Gasteiger partial charge in [0.2, 0.25) is 0 Å². The second-order valence-electron chi connectivity index (χ2n) is 4.89. The van der Waals surface area contributed by atoms with E-state index in [1.807, 2.05) is 11.7 Å². The molecule has 1 fully saturated rings. The van der Waals surface area contributed by atoms with Crippen molar-refractivity contribution in [2.75, 3.05) is 13.1 Å². The van der Waals surface area contributed by atoms with E-state index in [4.69, 9.17) is 5.73 Å². The van der Waals surface area contributed by atoms with Crippen LogP contribution in [-0.2, 0) is 7.05 Å². The van der Waals surface area contributed by atoms with Gasteiger partial charge >= 0.3 is 0 Å². The van der Waals surface area contributed by atoms with E-state index < -0.39 is 0 Å². The lowest BCUT2D eigenvalue weighted by Crippen LogP contribution is -2.40. The van der Waals surface area contributed by atoms with Crippen molar-refractivity contribution in [2.24, 2.45) is 12.8 Å². The molecule has 1 aliphatic rings. The summed E-state index contributed by atoms with van der Waals surface area (Å²) in [7, 11) is 1.98. The van der Waals surface area contributed by atoms with Gasteiger partial charge in [-0.2, -0.15) is 5.10 Å². The predicted molar refractivity (Wildman–Crippen MR) is 65.1 cm³/mol. The van der Waals surface area contributed by atoms with Crippen molar-refractivity contribution < 1.29 is 0 Å². The van der Waals surface area contributed by atoms with Crippen molar-refractivity contribution in [2.45, 2.75) is 38.8 Å². The molecule has 0 radical (unpaired) electrons. The quantitative estimate of drug-likeness (QED) is 0.818. The van der Waals surface area contributed by atoms with Crippen molar-refractivity contribution in [3.63, 3.8) is 0 Å². The van der Waals surface area contributed by atoms with Crippen LogP contribution in [-0.4, -0.2) is 33.8 Å². The minimum atomic E-state index is 0.401. The van der Waals surface area contributed by atoms with E-state index in [-0.39, 0.29) is 0 Å². The summed E-state index contributed by atoms with van der Waals surface area (Å²) in [6.07, 6.45) is 4.36. The largest absolute Gasteiger partial charge is 0.328 e. The van der Waals surface area contributed by atoms with Crippen LogP contribution in [0.3, 0.4) is 0 Å². The van der Waals surface area contributed by atoms with Crippen LogP contribution in [0.4, 0.5) is 0 Å². The van der Waals surface area contributed by atoms with Gasteiger partial charge in [0, 0.05) is 44.0 Å². The van der Waals surface area contributed by atoms with Gasteiger partial charge in [0.25, 0.3) is 0 Å². The van der Waals surface area contributed by atoms with E-state index in [1.165, 1.54) is 5.56 Å². The number of aromatic nitrogens is 2. The van der Waals surface area contributed by atoms with Crippen molar-refractivity contribution in [3.05, 3.63) is 17.5 Å². The Balaban J connectivity index is 2.07. The third kappa shape index (κ3) is 2.28. The Kier molecular flexibility index (Phi) is 3.30. The molecule has 2 rings (SSSR count). The molecule has 1 aromatic heterocycles. The Morgan fingerprint density at radius 2 is 2.06 bits per heavy atom. The first-order valence-corrected chi connectivity index (χ1v) is 6.07. The van der Waals surface area contributed by atoms with Crippen LogP contribution in [0.2, 0.25) is 0 Å². The lowest BCUT2D eigenvalue weighted by molar-refractivity contribution is 0.163. The number of rotatable bonds is 2. The Hall–Kier alpha value is -0.870. The molecule has 2 N–H and O–H groups in total. The number of likely N-dealkylation sites (tertiary alicyclic amines) is 1. The maximum absolute atomic E-state index is 5.93. The van der Waals surface area contributed by atoms with Crippen LogP contribution in [0.1, 0.15) is 37.1 Å². The Morgan fingerprint density at radius 1 is 1.44 bits per heavy atom. The van der Waals surface area contributed by atoms with Crippen LogP contribution in [0.15, 0.2) is 6.20 Å². The maximum atomic E-state index is 5.93. The molecule has 90 valence electrons. The molecule has 1 aromatic rings. The lowest BCUT2D eigenvalue weighted by Gasteiger charge is -2.34. The first-order valence-electron chi connectivity index (χ1n) is 6.07. The van der Waals surface area contributed by atoms with E-state index in [0.717, 1.165) is 31.6 Å². The Bertz CT molecular complexity index is 350. The van der Waals surface area contributed by atoms with Gasteiger partial charge < -0.3 is 5.73 Å². The van der Waals surface area contributed by atoms with Crippen LogP contribution in [0, 0.1) is 6.92 Å². The summed E-state index contributed by atoms with van der Waals surface area (Å²) in [5, 5.41) is 4.41. The second kappa shape index (κ2) is 4.55. The maximum Gasteiger partial charge on any atom is 0.0641 e. The smallest absolute Gasteiger partial charge is 0.0641 e. The average Bonchev–Trinajstić information content (AvgIpc) is 2.58. The molecule has 0 saturated carbocycles. The lowest BCUT2D eigenvalue weighted by atomic mass is 10.0.